The Hall–Kier alpha value is -3.09. The number of fused-ring (bicyclic) bond motifs is 1. The van der Waals surface area contributed by atoms with Crippen LogP contribution in [-0.2, 0) is 17.7 Å². The molecule has 7 heteroatoms. The van der Waals surface area contributed by atoms with Crippen molar-refractivity contribution in [2.45, 2.75) is 19.9 Å². The maximum Gasteiger partial charge on any atom is 0.409 e. The lowest BCUT2D eigenvalue weighted by atomic mass is 10.00. The first kappa shape index (κ1) is 19.2. The highest BCUT2D eigenvalue weighted by atomic mass is 16.6. The van der Waals surface area contributed by atoms with Gasteiger partial charge in [0.15, 0.2) is 0 Å². The highest BCUT2D eigenvalue weighted by molar-refractivity contribution is 5.92. The number of aromatic nitrogens is 1. The third kappa shape index (κ3) is 4.18. The molecule has 2 aliphatic heterocycles. The van der Waals surface area contributed by atoms with Crippen molar-refractivity contribution in [3.8, 4) is 0 Å². The predicted molar refractivity (Wildman–Crippen MR) is 110 cm³/mol. The minimum Gasteiger partial charge on any atom is -0.450 e. The van der Waals surface area contributed by atoms with Gasteiger partial charge < -0.3 is 19.4 Å². The van der Waals surface area contributed by atoms with Crippen LogP contribution >= 0.6 is 0 Å². The third-order valence-electron chi connectivity index (χ3n) is 5.56. The molecule has 1 fully saturated rings. The number of nitrogens with zero attached hydrogens (tertiary/aromatic N) is 4. The minimum absolute atomic E-state index is 0.0295. The maximum absolute atomic E-state index is 12.9. The van der Waals surface area contributed by atoms with Gasteiger partial charge in [-0.3, -0.25) is 4.79 Å². The number of benzene rings is 1. The van der Waals surface area contributed by atoms with Gasteiger partial charge in [0, 0.05) is 39.3 Å². The molecular weight excluding hydrogens is 368 g/mol. The summed E-state index contributed by atoms with van der Waals surface area (Å²) in [6.45, 7) is 6.22. The Bertz CT molecular complexity index is 876. The number of amides is 2. The smallest absolute Gasteiger partial charge is 0.409 e. The van der Waals surface area contributed by atoms with Gasteiger partial charge >= 0.3 is 6.09 Å². The summed E-state index contributed by atoms with van der Waals surface area (Å²) < 4.78 is 5.06. The molecule has 0 bridgehead atoms. The molecule has 0 radical (unpaired) electrons. The second-order valence-corrected chi connectivity index (χ2v) is 7.32. The number of anilines is 1. The number of carbonyl (C=O) groups is 2. The average Bonchev–Trinajstić information content (AvgIpc) is 2.78. The SMILES string of the molecule is CCOC(=O)N1CCN(c2ccc(C(=O)N3CCc4ccccc4C3)nc2)CC1. The van der Waals surface area contributed by atoms with E-state index in [0.717, 1.165) is 31.7 Å². The molecule has 1 saturated heterocycles. The van der Waals surface area contributed by atoms with Crippen LogP contribution in [0.1, 0.15) is 28.5 Å². The first-order chi connectivity index (χ1) is 14.2. The second kappa shape index (κ2) is 8.51. The zero-order valence-corrected chi connectivity index (χ0v) is 16.7. The summed E-state index contributed by atoms with van der Waals surface area (Å²) in [6.07, 6.45) is 2.38. The van der Waals surface area contributed by atoms with E-state index in [2.05, 4.69) is 22.0 Å². The van der Waals surface area contributed by atoms with E-state index in [1.165, 1.54) is 11.1 Å². The summed E-state index contributed by atoms with van der Waals surface area (Å²) in [5.74, 6) is -0.0295. The van der Waals surface area contributed by atoms with E-state index in [9.17, 15) is 9.59 Å². The van der Waals surface area contributed by atoms with Crippen molar-refractivity contribution in [1.29, 1.82) is 0 Å². The number of piperazine rings is 1. The van der Waals surface area contributed by atoms with Crippen LogP contribution in [0.4, 0.5) is 10.5 Å². The first-order valence-corrected chi connectivity index (χ1v) is 10.1. The van der Waals surface area contributed by atoms with E-state index in [1.54, 1.807) is 17.2 Å². The lowest BCUT2D eigenvalue weighted by molar-refractivity contribution is 0.0728. The number of pyridine rings is 1. The van der Waals surface area contributed by atoms with E-state index < -0.39 is 0 Å². The molecule has 7 nitrogen and oxygen atoms in total. The summed E-state index contributed by atoms with van der Waals surface area (Å²) >= 11 is 0. The topological polar surface area (TPSA) is 66.0 Å². The Balaban J connectivity index is 1.36. The fourth-order valence-electron chi connectivity index (χ4n) is 3.89. The summed E-state index contributed by atoms with van der Waals surface area (Å²) in [7, 11) is 0. The van der Waals surface area contributed by atoms with E-state index in [-0.39, 0.29) is 12.0 Å². The van der Waals surface area contributed by atoms with E-state index >= 15 is 0 Å². The zero-order chi connectivity index (χ0) is 20.2. The van der Waals surface area contributed by atoms with Crippen molar-refractivity contribution in [2.24, 2.45) is 0 Å². The summed E-state index contributed by atoms with van der Waals surface area (Å²) in [4.78, 5) is 34.9. The molecule has 152 valence electrons. The van der Waals surface area contributed by atoms with Crippen LogP contribution in [0.15, 0.2) is 42.6 Å². The van der Waals surface area contributed by atoms with Crippen LogP contribution < -0.4 is 4.90 Å². The average molecular weight is 394 g/mol. The van der Waals surface area contributed by atoms with Crippen LogP contribution in [0, 0.1) is 0 Å². The van der Waals surface area contributed by atoms with Gasteiger partial charge in [-0.25, -0.2) is 9.78 Å². The molecule has 0 unspecified atom stereocenters. The van der Waals surface area contributed by atoms with Crippen molar-refractivity contribution < 1.29 is 14.3 Å². The molecule has 29 heavy (non-hydrogen) atoms. The monoisotopic (exact) mass is 394 g/mol. The molecule has 3 heterocycles. The number of carbonyl (C=O) groups excluding carboxylic acids is 2. The van der Waals surface area contributed by atoms with Gasteiger partial charge in [-0.05, 0) is 36.6 Å². The van der Waals surface area contributed by atoms with Crippen LogP contribution in [-0.4, -0.2) is 66.1 Å². The molecule has 0 saturated carbocycles. The molecule has 0 spiro atoms. The molecule has 0 aliphatic carbocycles. The summed E-state index contributed by atoms with van der Waals surface area (Å²) in [6, 6.07) is 12.0. The van der Waals surface area contributed by atoms with Gasteiger partial charge in [0.05, 0.1) is 18.5 Å². The Morgan fingerprint density at radius 1 is 0.966 bits per heavy atom. The fourth-order valence-corrected chi connectivity index (χ4v) is 3.89. The second-order valence-electron chi connectivity index (χ2n) is 7.32. The van der Waals surface area contributed by atoms with Crippen molar-refractivity contribution in [3.63, 3.8) is 0 Å². The molecule has 2 aromatic rings. The molecule has 1 aromatic heterocycles. The van der Waals surface area contributed by atoms with E-state index in [4.69, 9.17) is 4.74 Å². The van der Waals surface area contributed by atoms with E-state index in [1.807, 2.05) is 30.0 Å². The Kier molecular flexibility index (Phi) is 5.64. The van der Waals surface area contributed by atoms with Crippen molar-refractivity contribution >= 4 is 17.7 Å². The van der Waals surface area contributed by atoms with Crippen LogP contribution in [0.2, 0.25) is 0 Å². The predicted octanol–water partition coefficient (Wildman–Crippen LogP) is 2.56. The summed E-state index contributed by atoms with van der Waals surface area (Å²) in [5, 5.41) is 0. The van der Waals surface area contributed by atoms with Gasteiger partial charge in [-0.1, -0.05) is 24.3 Å². The van der Waals surface area contributed by atoms with Crippen LogP contribution in [0.5, 0.6) is 0 Å². The van der Waals surface area contributed by atoms with E-state index in [0.29, 0.717) is 31.9 Å². The number of rotatable bonds is 3. The van der Waals surface area contributed by atoms with Crippen molar-refractivity contribution in [3.05, 3.63) is 59.4 Å². The third-order valence-corrected chi connectivity index (χ3v) is 5.56. The van der Waals surface area contributed by atoms with Gasteiger partial charge in [-0.15, -0.1) is 0 Å². The Morgan fingerprint density at radius 3 is 2.41 bits per heavy atom. The molecule has 1 aromatic carbocycles. The molecule has 2 amide bonds. The van der Waals surface area contributed by atoms with Crippen molar-refractivity contribution in [1.82, 2.24) is 14.8 Å². The molecule has 2 aliphatic rings. The molecule has 0 atom stereocenters. The molecule has 0 N–H and O–H groups in total. The van der Waals surface area contributed by atoms with Crippen molar-refractivity contribution in [2.75, 3.05) is 44.2 Å². The lowest BCUT2D eigenvalue weighted by Crippen LogP contribution is -2.49. The summed E-state index contributed by atoms with van der Waals surface area (Å²) in [5.41, 5.74) is 3.97. The molecular formula is C22H26N4O3. The lowest BCUT2D eigenvalue weighted by Gasteiger charge is -2.35. The number of ether oxygens (including phenoxy) is 1. The zero-order valence-electron chi connectivity index (χ0n) is 16.7. The van der Waals surface area contributed by atoms with Gasteiger partial charge in [0.2, 0.25) is 0 Å². The Morgan fingerprint density at radius 2 is 1.72 bits per heavy atom. The molecule has 4 rings (SSSR count). The largest absolute Gasteiger partial charge is 0.450 e. The number of hydrogen-bond donors (Lipinski definition) is 0. The van der Waals surface area contributed by atoms with Crippen LogP contribution in [0.3, 0.4) is 0 Å². The minimum atomic E-state index is -0.255. The first-order valence-electron chi connectivity index (χ1n) is 10.1. The van der Waals surface area contributed by atoms with Gasteiger partial charge in [-0.2, -0.15) is 0 Å². The van der Waals surface area contributed by atoms with Gasteiger partial charge in [0.25, 0.3) is 5.91 Å². The normalized spacial score (nSPS) is 16.4. The highest BCUT2D eigenvalue weighted by Gasteiger charge is 2.24. The quantitative estimate of drug-likeness (QED) is 0.801. The standard InChI is InChI=1S/C22H26N4O3/c1-2-29-22(28)25-13-11-24(12-14-25)19-7-8-20(23-15-19)21(27)26-10-9-17-5-3-4-6-18(17)16-26/h3-8,15H,2,9-14,16H2,1H3. The van der Waals surface area contributed by atoms with Crippen LogP contribution in [0.25, 0.3) is 0 Å². The highest BCUT2D eigenvalue weighted by Crippen LogP contribution is 2.21. The Labute approximate surface area is 170 Å². The maximum atomic E-state index is 12.9. The fraction of sp³-hybridized carbons (Fsp3) is 0.409. The van der Waals surface area contributed by atoms with Gasteiger partial charge in [0.1, 0.15) is 5.69 Å². The number of hydrogen-bond acceptors (Lipinski definition) is 5.